The highest BCUT2D eigenvalue weighted by Crippen LogP contribution is 2.51. The lowest BCUT2D eigenvalue weighted by atomic mass is 9.82. The second kappa shape index (κ2) is 14.8. The summed E-state index contributed by atoms with van der Waals surface area (Å²) in [7, 11) is 0. The van der Waals surface area contributed by atoms with Gasteiger partial charge in [-0.05, 0) is 100 Å². The molecule has 0 unspecified atom stereocenters. The van der Waals surface area contributed by atoms with E-state index in [0.717, 1.165) is 107 Å². The number of ether oxygens (including phenoxy) is 2. The number of benzene rings is 8. The monoisotopic (exact) mass is 828 g/mol. The van der Waals surface area contributed by atoms with Gasteiger partial charge in [0.25, 0.3) is 0 Å². The molecular weight excluding hydrogens is 785 g/mol. The van der Waals surface area contributed by atoms with Crippen molar-refractivity contribution >= 4 is 44.6 Å². The summed E-state index contributed by atoms with van der Waals surface area (Å²) in [6.07, 6.45) is 2.03. The van der Waals surface area contributed by atoms with E-state index >= 15 is 0 Å². The van der Waals surface area contributed by atoms with Crippen molar-refractivity contribution in [1.29, 1.82) is 0 Å². The Morgan fingerprint density at radius 1 is 0.453 bits per heavy atom. The summed E-state index contributed by atoms with van der Waals surface area (Å²) in [6, 6.07) is 68.5. The molecule has 308 valence electrons. The maximum absolute atomic E-state index is 6.81. The van der Waals surface area contributed by atoms with Gasteiger partial charge in [-0.3, -0.25) is 4.57 Å². The van der Waals surface area contributed by atoms with Gasteiger partial charge in [0.05, 0.1) is 28.1 Å². The number of hydrogen-bond acceptors (Lipinski definition) is 5. The molecule has 0 aliphatic carbocycles. The van der Waals surface area contributed by atoms with Crippen LogP contribution in [0.4, 0.5) is 22.7 Å². The fraction of sp³-hybridized carbons (Fsp3) is 0.0862. The molecule has 0 atom stereocenters. The van der Waals surface area contributed by atoms with Crippen LogP contribution in [0, 0.1) is 0 Å². The van der Waals surface area contributed by atoms with E-state index in [-0.39, 0.29) is 5.41 Å². The van der Waals surface area contributed by atoms with Crippen molar-refractivity contribution in [3.05, 3.63) is 206 Å². The molecule has 10 aromatic rings. The third-order valence-corrected chi connectivity index (χ3v) is 12.6. The van der Waals surface area contributed by atoms with Crippen LogP contribution in [-0.2, 0) is 5.41 Å². The van der Waals surface area contributed by atoms with Crippen LogP contribution in [0.2, 0.25) is 0 Å². The zero-order chi connectivity index (χ0) is 42.9. The van der Waals surface area contributed by atoms with Crippen molar-refractivity contribution in [2.75, 3.05) is 16.5 Å². The predicted octanol–water partition coefficient (Wildman–Crippen LogP) is 15.6. The van der Waals surface area contributed by atoms with Gasteiger partial charge in [-0.2, -0.15) is 0 Å². The number of pyridine rings is 1. The summed E-state index contributed by atoms with van der Waals surface area (Å²) in [6.45, 7) is 7.39. The zero-order valence-corrected chi connectivity index (χ0v) is 35.9. The zero-order valence-electron chi connectivity index (χ0n) is 35.9. The maximum atomic E-state index is 6.81. The molecule has 0 amide bonds. The first-order valence-electron chi connectivity index (χ1n) is 21.9. The maximum Gasteiger partial charge on any atom is 0.137 e. The van der Waals surface area contributed by atoms with E-state index in [0.29, 0.717) is 6.67 Å². The van der Waals surface area contributed by atoms with Crippen molar-refractivity contribution in [2.45, 2.75) is 26.2 Å². The first-order chi connectivity index (χ1) is 31.3. The van der Waals surface area contributed by atoms with E-state index in [2.05, 4.69) is 217 Å². The van der Waals surface area contributed by atoms with Crippen molar-refractivity contribution in [1.82, 2.24) is 9.55 Å². The molecule has 2 aromatic heterocycles. The number of nitrogens with zero attached hydrogens (tertiary/aromatic N) is 4. The van der Waals surface area contributed by atoms with Crippen LogP contribution in [-0.4, -0.2) is 16.2 Å². The van der Waals surface area contributed by atoms with Crippen LogP contribution in [0.1, 0.15) is 26.3 Å². The highest BCUT2D eigenvalue weighted by Gasteiger charge is 2.32. The standard InChI is InChI=1S/C58H44N4O2/c1-58(2,3)51-35-56-59-36-50(51)39-26-28-42(29-27-39)63-43-18-11-16-40(32-43)47-22-13-21-46(38-14-5-4-6-15-38)57(47)61-37-60(53-24-9-10-25-54(53)61)41-17-12-19-44(33-41)64-45-30-31-49-48-20-7-8-23-52(48)62(56)55(49)34-45/h4-36H,37H2,1-3H3. The van der Waals surface area contributed by atoms with Gasteiger partial charge in [0.15, 0.2) is 0 Å². The first kappa shape index (κ1) is 37.7. The summed E-state index contributed by atoms with van der Waals surface area (Å²) < 4.78 is 15.7. The molecule has 5 aliphatic rings. The molecule has 8 aromatic carbocycles. The molecule has 0 radical (unpaired) electrons. The van der Waals surface area contributed by atoms with Gasteiger partial charge in [-0.1, -0.05) is 130 Å². The van der Waals surface area contributed by atoms with Gasteiger partial charge in [0.2, 0.25) is 0 Å². The molecule has 0 saturated carbocycles. The topological polar surface area (TPSA) is 42.8 Å². The van der Waals surface area contributed by atoms with Gasteiger partial charge in [0.1, 0.15) is 35.5 Å². The Labute approximate surface area is 372 Å². The molecule has 64 heavy (non-hydrogen) atoms. The molecule has 5 aliphatic heterocycles. The normalized spacial score (nSPS) is 13.0. The van der Waals surface area contributed by atoms with Gasteiger partial charge in [0, 0.05) is 51.5 Å². The lowest BCUT2D eigenvalue weighted by Crippen LogP contribution is -2.25. The summed E-state index contributed by atoms with van der Waals surface area (Å²) in [5.74, 6) is 3.90. The van der Waals surface area contributed by atoms with Crippen LogP contribution < -0.4 is 19.3 Å². The Morgan fingerprint density at radius 2 is 1.06 bits per heavy atom. The summed E-state index contributed by atoms with van der Waals surface area (Å²) in [5, 5.41) is 2.31. The summed E-state index contributed by atoms with van der Waals surface area (Å²) >= 11 is 0. The van der Waals surface area contributed by atoms with Crippen LogP contribution in [0.5, 0.6) is 23.0 Å². The number of para-hydroxylation sites is 4. The molecule has 0 N–H and O–H groups in total. The molecular formula is C58H44N4O2. The number of rotatable bonds is 1. The van der Waals surface area contributed by atoms with E-state index in [4.69, 9.17) is 14.5 Å². The van der Waals surface area contributed by atoms with E-state index in [1.54, 1.807) is 0 Å². The summed E-state index contributed by atoms with van der Waals surface area (Å²) in [5.41, 5.74) is 14.2. The van der Waals surface area contributed by atoms with E-state index in [1.165, 1.54) is 5.56 Å². The van der Waals surface area contributed by atoms with E-state index < -0.39 is 0 Å². The van der Waals surface area contributed by atoms with Crippen LogP contribution in [0.25, 0.3) is 61.0 Å². The minimum absolute atomic E-state index is 0.173. The molecule has 12 bridgehead atoms. The first-order valence-corrected chi connectivity index (χ1v) is 21.9. The minimum atomic E-state index is -0.173. The van der Waals surface area contributed by atoms with Crippen molar-refractivity contribution in [3.8, 4) is 62.2 Å². The fourth-order valence-corrected chi connectivity index (χ4v) is 9.64. The highest BCUT2D eigenvalue weighted by atomic mass is 16.5. The average Bonchev–Trinajstić information content (AvgIpc) is 3.87. The smallest absolute Gasteiger partial charge is 0.137 e. The van der Waals surface area contributed by atoms with Crippen molar-refractivity contribution in [3.63, 3.8) is 0 Å². The lowest BCUT2D eigenvalue weighted by molar-refractivity contribution is 0.483. The van der Waals surface area contributed by atoms with Gasteiger partial charge >= 0.3 is 0 Å². The Morgan fingerprint density at radius 3 is 1.88 bits per heavy atom. The molecule has 6 nitrogen and oxygen atoms in total. The second-order valence-corrected chi connectivity index (χ2v) is 17.7. The summed E-state index contributed by atoms with van der Waals surface area (Å²) in [4.78, 5) is 10.0. The van der Waals surface area contributed by atoms with Gasteiger partial charge < -0.3 is 19.3 Å². The Hall–Kier alpha value is -8.09. The van der Waals surface area contributed by atoms with Crippen LogP contribution >= 0.6 is 0 Å². The molecule has 0 fully saturated rings. The van der Waals surface area contributed by atoms with Crippen molar-refractivity contribution < 1.29 is 9.47 Å². The lowest BCUT2D eigenvalue weighted by Gasteiger charge is -2.27. The quantitative estimate of drug-likeness (QED) is 0.165. The molecule has 15 rings (SSSR count). The second-order valence-electron chi connectivity index (χ2n) is 17.7. The van der Waals surface area contributed by atoms with E-state index in [1.807, 2.05) is 18.3 Å². The highest BCUT2D eigenvalue weighted by molar-refractivity contribution is 6.09. The number of anilines is 4. The number of hydrogen-bond donors (Lipinski definition) is 0. The predicted molar refractivity (Wildman–Crippen MR) is 262 cm³/mol. The van der Waals surface area contributed by atoms with Crippen LogP contribution in [0.3, 0.4) is 0 Å². The minimum Gasteiger partial charge on any atom is -0.457 e. The Bertz CT molecular complexity index is 3420. The molecule has 6 heteroatoms. The fourth-order valence-electron chi connectivity index (χ4n) is 9.64. The Kier molecular flexibility index (Phi) is 8.70. The largest absolute Gasteiger partial charge is 0.457 e. The third kappa shape index (κ3) is 6.37. The van der Waals surface area contributed by atoms with Crippen LogP contribution in [0.15, 0.2) is 200 Å². The van der Waals surface area contributed by atoms with Gasteiger partial charge in [-0.25, -0.2) is 4.98 Å². The van der Waals surface area contributed by atoms with E-state index in [9.17, 15) is 0 Å². The van der Waals surface area contributed by atoms with Gasteiger partial charge in [-0.15, -0.1) is 0 Å². The molecule has 7 heterocycles. The molecule has 0 spiro atoms. The number of fused-ring (bicyclic) bond motifs is 3. The SMILES string of the molecule is CC(C)(C)c1cc2ncc1-c1ccc(cc1)Oc1cccc(c1)-c1cccc(-c3ccccc3)c1N1CN(c3cccc(c3)Oc3ccc4c5ccccc5n-2c4c3)c2ccccc21. The number of aromatic nitrogens is 2. The molecule has 0 saturated heterocycles. The van der Waals surface area contributed by atoms with Crippen molar-refractivity contribution in [2.24, 2.45) is 0 Å². The average molecular weight is 829 g/mol. The third-order valence-electron chi connectivity index (χ3n) is 12.6. The Balaban J connectivity index is 1.07.